The molecule has 1 fully saturated rings. The zero-order valence-electron chi connectivity index (χ0n) is 19.7. The zero-order chi connectivity index (χ0) is 24.6. The van der Waals surface area contributed by atoms with E-state index in [1.807, 2.05) is 18.0 Å². The van der Waals surface area contributed by atoms with Crippen molar-refractivity contribution in [1.82, 2.24) is 20.0 Å². The van der Waals surface area contributed by atoms with Crippen LogP contribution in [0.15, 0.2) is 60.7 Å². The van der Waals surface area contributed by atoms with Crippen LogP contribution >= 0.6 is 0 Å². The topological polar surface area (TPSA) is 61.8 Å². The highest BCUT2D eigenvalue weighted by atomic mass is 19.1. The number of benzene rings is 2. The fourth-order valence-electron chi connectivity index (χ4n) is 4.04. The summed E-state index contributed by atoms with van der Waals surface area (Å²) >= 11 is 0. The molecule has 0 unspecified atom stereocenters. The lowest BCUT2D eigenvalue weighted by atomic mass is 10.2. The predicted molar refractivity (Wildman–Crippen MR) is 129 cm³/mol. The molecule has 1 aromatic heterocycles. The number of amides is 1. The van der Waals surface area contributed by atoms with Crippen LogP contribution in [0.4, 0.5) is 14.6 Å². The Hall–Kier alpha value is -3.59. The maximum absolute atomic E-state index is 13.4. The summed E-state index contributed by atoms with van der Waals surface area (Å²) in [6.07, 6.45) is 0.843. The van der Waals surface area contributed by atoms with E-state index in [0.717, 1.165) is 30.6 Å². The summed E-state index contributed by atoms with van der Waals surface area (Å²) in [5, 5.41) is 8.25. The first-order valence-corrected chi connectivity index (χ1v) is 11.6. The van der Waals surface area contributed by atoms with Gasteiger partial charge in [0, 0.05) is 52.4 Å². The molecule has 2 heterocycles. The molecule has 2 aromatic carbocycles. The van der Waals surface area contributed by atoms with E-state index >= 15 is 0 Å². The van der Waals surface area contributed by atoms with Crippen molar-refractivity contribution in [1.29, 1.82) is 0 Å². The summed E-state index contributed by atoms with van der Waals surface area (Å²) in [6, 6.07) is 16.4. The van der Waals surface area contributed by atoms with Crippen molar-refractivity contribution >= 4 is 11.7 Å². The van der Waals surface area contributed by atoms with Crippen molar-refractivity contribution in [3.63, 3.8) is 0 Å². The monoisotopic (exact) mass is 481 g/mol. The Balaban J connectivity index is 1.23. The molecule has 35 heavy (non-hydrogen) atoms. The lowest BCUT2D eigenvalue weighted by Crippen LogP contribution is -2.38. The van der Waals surface area contributed by atoms with Gasteiger partial charge in [-0.3, -0.25) is 9.69 Å². The second kappa shape index (κ2) is 11.7. The number of nitrogens with zero attached hydrogens (tertiary/aromatic N) is 5. The van der Waals surface area contributed by atoms with Crippen LogP contribution in [0, 0.1) is 11.6 Å². The van der Waals surface area contributed by atoms with E-state index in [1.165, 1.54) is 18.2 Å². The number of hydrogen-bond acceptors (Lipinski definition) is 6. The second-order valence-electron chi connectivity index (χ2n) is 8.64. The second-order valence-corrected chi connectivity index (χ2v) is 8.64. The molecule has 9 heteroatoms. The van der Waals surface area contributed by atoms with E-state index in [1.54, 1.807) is 41.3 Å². The smallest absolute Gasteiger partial charge is 0.260 e. The third-order valence-electron chi connectivity index (χ3n) is 5.93. The summed E-state index contributed by atoms with van der Waals surface area (Å²) in [5.41, 5.74) is 1.88. The summed E-state index contributed by atoms with van der Waals surface area (Å²) in [7, 11) is 1.87. The molecule has 0 N–H and O–H groups in total. The highest BCUT2D eigenvalue weighted by Gasteiger charge is 2.20. The Kier molecular flexibility index (Phi) is 8.20. The number of rotatable bonds is 8. The minimum Gasteiger partial charge on any atom is -0.466 e. The quantitative estimate of drug-likeness (QED) is 0.491. The Morgan fingerprint density at radius 3 is 2.51 bits per heavy atom. The van der Waals surface area contributed by atoms with Gasteiger partial charge in [-0.2, -0.15) is 0 Å². The summed E-state index contributed by atoms with van der Waals surface area (Å²) < 4.78 is 32.1. The molecule has 0 radical (unpaired) electrons. The number of ether oxygens (including phenoxy) is 1. The molecule has 3 aromatic rings. The molecule has 0 aliphatic carbocycles. The average Bonchev–Trinajstić information content (AvgIpc) is 3.10. The van der Waals surface area contributed by atoms with E-state index in [9.17, 15) is 13.6 Å². The van der Waals surface area contributed by atoms with E-state index < -0.39 is 0 Å². The molecule has 7 nitrogen and oxygen atoms in total. The number of halogens is 2. The van der Waals surface area contributed by atoms with Crippen LogP contribution in [0.25, 0.3) is 0 Å². The van der Waals surface area contributed by atoms with Gasteiger partial charge in [-0.1, -0.05) is 24.3 Å². The first-order chi connectivity index (χ1) is 17.0. The largest absolute Gasteiger partial charge is 0.466 e. The minimum absolute atomic E-state index is 0.100. The molecule has 1 saturated heterocycles. The van der Waals surface area contributed by atoms with Crippen molar-refractivity contribution in [2.24, 2.45) is 0 Å². The molecule has 0 atom stereocenters. The van der Waals surface area contributed by atoms with Gasteiger partial charge < -0.3 is 14.5 Å². The summed E-state index contributed by atoms with van der Waals surface area (Å²) in [6.45, 7) is 3.92. The number of aromatic nitrogens is 2. The van der Waals surface area contributed by atoms with Gasteiger partial charge in [0.1, 0.15) is 11.6 Å². The normalized spacial score (nSPS) is 14.4. The maximum Gasteiger partial charge on any atom is 0.260 e. The Morgan fingerprint density at radius 2 is 1.77 bits per heavy atom. The van der Waals surface area contributed by atoms with Crippen molar-refractivity contribution in [2.45, 2.75) is 19.5 Å². The van der Waals surface area contributed by atoms with Crippen LogP contribution in [0.1, 0.15) is 17.5 Å². The molecule has 0 spiro atoms. The van der Waals surface area contributed by atoms with E-state index in [4.69, 9.17) is 4.74 Å². The molecule has 0 saturated carbocycles. The first-order valence-electron chi connectivity index (χ1n) is 11.6. The number of hydrogen-bond donors (Lipinski definition) is 0. The Labute approximate surface area is 203 Å². The number of anilines is 1. The number of carbonyl (C=O) groups is 1. The van der Waals surface area contributed by atoms with Crippen LogP contribution in [-0.2, 0) is 17.9 Å². The van der Waals surface area contributed by atoms with Gasteiger partial charge in [0.05, 0.1) is 0 Å². The van der Waals surface area contributed by atoms with Crippen molar-refractivity contribution < 1.29 is 18.3 Å². The van der Waals surface area contributed by atoms with Gasteiger partial charge in [-0.15, -0.1) is 10.2 Å². The van der Waals surface area contributed by atoms with Gasteiger partial charge in [0.25, 0.3) is 5.91 Å². The highest BCUT2D eigenvalue weighted by Crippen LogP contribution is 2.16. The van der Waals surface area contributed by atoms with E-state index in [0.29, 0.717) is 32.0 Å². The third kappa shape index (κ3) is 7.19. The van der Waals surface area contributed by atoms with Crippen molar-refractivity contribution in [3.05, 3.63) is 83.4 Å². The van der Waals surface area contributed by atoms with E-state index in [2.05, 4.69) is 15.1 Å². The van der Waals surface area contributed by atoms with Gasteiger partial charge in [-0.05, 0) is 47.9 Å². The van der Waals surface area contributed by atoms with Gasteiger partial charge in [-0.25, -0.2) is 8.78 Å². The van der Waals surface area contributed by atoms with Crippen LogP contribution < -0.4 is 9.64 Å². The fourth-order valence-corrected chi connectivity index (χ4v) is 4.04. The molecule has 1 aliphatic rings. The van der Waals surface area contributed by atoms with Crippen molar-refractivity contribution in [2.75, 3.05) is 44.7 Å². The summed E-state index contributed by atoms with van der Waals surface area (Å²) in [5.74, 6) is 0.311. The van der Waals surface area contributed by atoms with E-state index in [-0.39, 0.29) is 30.0 Å². The lowest BCUT2D eigenvalue weighted by Gasteiger charge is -2.22. The lowest BCUT2D eigenvalue weighted by molar-refractivity contribution is -0.133. The predicted octanol–water partition coefficient (Wildman–Crippen LogP) is 3.50. The standard InChI is InChI=1S/C26H29F2N5O2/c1-31(17-20-6-8-22(27)9-7-20)24-10-11-25(30-29-24)35-19-26(34)33-13-3-12-32(14-15-33)18-21-4-2-5-23(28)16-21/h2,4-11,16H,3,12-15,17-19H2,1H3. The van der Waals surface area contributed by atoms with Gasteiger partial charge in [0.2, 0.25) is 5.88 Å². The van der Waals surface area contributed by atoms with Crippen LogP contribution in [-0.4, -0.2) is 65.7 Å². The molecule has 1 amide bonds. The van der Waals surface area contributed by atoms with Gasteiger partial charge >= 0.3 is 0 Å². The highest BCUT2D eigenvalue weighted by molar-refractivity contribution is 5.77. The number of carbonyl (C=O) groups excluding carboxylic acids is 1. The molecule has 0 bridgehead atoms. The van der Waals surface area contributed by atoms with Crippen LogP contribution in [0.2, 0.25) is 0 Å². The maximum atomic E-state index is 13.4. The summed E-state index contributed by atoms with van der Waals surface area (Å²) in [4.78, 5) is 18.6. The van der Waals surface area contributed by atoms with Crippen molar-refractivity contribution in [3.8, 4) is 5.88 Å². The molecule has 4 rings (SSSR count). The fraction of sp³-hybridized carbons (Fsp3) is 0.346. The zero-order valence-corrected chi connectivity index (χ0v) is 19.7. The van der Waals surface area contributed by atoms with Crippen LogP contribution in [0.5, 0.6) is 5.88 Å². The third-order valence-corrected chi connectivity index (χ3v) is 5.93. The minimum atomic E-state index is -0.270. The van der Waals surface area contributed by atoms with Crippen LogP contribution in [0.3, 0.4) is 0 Å². The first kappa shape index (κ1) is 24.5. The SMILES string of the molecule is CN(Cc1ccc(F)cc1)c1ccc(OCC(=O)N2CCCN(Cc3cccc(F)c3)CC2)nn1. The molecule has 1 aliphatic heterocycles. The average molecular weight is 482 g/mol. The molecular weight excluding hydrogens is 452 g/mol. The Morgan fingerprint density at radius 1 is 0.943 bits per heavy atom. The molecule has 184 valence electrons. The molecular formula is C26H29F2N5O2. The Bertz CT molecular complexity index is 1110. The van der Waals surface area contributed by atoms with Gasteiger partial charge in [0.15, 0.2) is 12.4 Å².